The number of ether oxygens (including phenoxy) is 1. The Hall–Kier alpha value is -2.75. The van der Waals surface area contributed by atoms with Crippen LogP contribution in [0.2, 0.25) is 0 Å². The fraction of sp³-hybridized carbons (Fsp3) is 0. The van der Waals surface area contributed by atoms with Crippen molar-refractivity contribution in [1.29, 1.82) is 0 Å². The molecule has 2 N–H and O–H groups in total. The van der Waals surface area contributed by atoms with Crippen LogP contribution in [-0.2, 0) is 4.79 Å². The summed E-state index contributed by atoms with van der Waals surface area (Å²) in [5.74, 6) is 0.504. The van der Waals surface area contributed by atoms with Gasteiger partial charge in [-0.1, -0.05) is 18.2 Å². The molecule has 0 spiro atoms. The van der Waals surface area contributed by atoms with Crippen molar-refractivity contribution in [2.75, 3.05) is 5.32 Å². The lowest BCUT2D eigenvalue weighted by Gasteiger charge is -2.06. The van der Waals surface area contributed by atoms with Crippen LogP contribution in [0.5, 0.6) is 11.5 Å². The lowest BCUT2D eigenvalue weighted by Crippen LogP contribution is -1.92. The molecule has 0 aliphatic heterocycles. The Morgan fingerprint density at radius 3 is 2.26 bits per heavy atom. The maximum absolute atomic E-state index is 10.3. The number of carboxylic acid groups (broad SMARTS) is 1. The van der Waals surface area contributed by atoms with Gasteiger partial charge in [0.15, 0.2) is 0 Å². The number of hydrogen-bond donors (Lipinski definition) is 2. The molecular weight excluding hydrogens is 242 g/mol. The van der Waals surface area contributed by atoms with E-state index in [9.17, 15) is 4.79 Å². The summed E-state index contributed by atoms with van der Waals surface area (Å²) < 4.78 is 5.64. The molecule has 0 heterocycles. The Labute approximate surface area is 111 Å². The number of para-hydroxylation sites is 1. The van der Waals surface area contributed by atoms with Crippen LogP contribution in [0.1, 0.15) is 0 Å². The van der Waals surface area contributed by atoms with E-state index in [1.807, 2.05) is 54.6 Å². The van der Waals surface area contributed by atoms with E-state index in [0.717, 1.165) is 23.3 Å². The standard InChI is InChI=1S/C15H13NO3/c17-15(18)10-11-16-12-6-8-14(9-7-12)19-13-4-2-1-3-5-13/h1-11,16H,(H,17,18)/b11-10+. The van der Waals surface area contributed by atoms with E-state index in [0.29, 0.717) is 0 Å². The summed E-state index contributed by atoms with van der Waals surface area (Å²) in [5, 5.41) is 11.3. The number of anilines is 1. The number of hydrogen-bond acceptors (Lipinski definition) is 3. The van der Waals surface area contributed by atoms with Crippen molar-refractivity contribution >= 4 is 11.7 Å². The second-order valence-electron chi connectivity index (χ2n) is 3.76. The Kier molecular flexibility index (Phi) is 4.18. The predicted octanol–water partition coefficient (Wildman–Crippen LogP) is 3.49. The molecule has 96 valence electrons. The third-order valence-electron chi connectivity index (χ3n) is 2.31. The van der Waals surface area contributed by atoms with Gasteiger partial charge in [0.2, 0.25) is 0 Å². The first-order chi connectivity index (χ1) is 9.24. The van der Waals surface area contributed by atoms with Crippen molar-refractivity contribution in [2.24, 2.45) is 0 Å². The van der Waals surface area contributed by atoms with Gasteiger partial charge < -0.3 is 15.2 Å². The largest absolute Gasteiger partial charge is 0.478 e. The molecular formula is C15H13NO3. The first-order valence-corrected chi connectivity index (χ1v) is 5.73. The summed E-state index contributed by atoms with van der Waals surface area (Å²) in [5.41, 5.74) is 0.790. The SMILES string of the molecule is O=C(O)/C=C/Nc1ccc(Oc2ccccc2)cc1. The van der Waals surface area contributed by atoms with Gasteiger partial charge in [0.25, 0.3) is 0 Å². The lowest BCUT2D eigenvalue weighted by atomic mass is 10.3. The van der Waals surface area contributed by atoms with E-state index in [-0.39, 0.29) is 0 Å². The zero-order valence-corrected chi connectivity index (χ0v) is 10.1. The van der Waals surface area contributed by atoms with E-state index in [1.165, 1.54) is 6.20 Å². The van der Waals surface area contributed by atoms with Crippen molar-refractivity contribution in [1.82, 2.24) is 0 Å². The van der Waals surface area contributed by atoms with Gasteiger partial charge in [-0.25, -0.2) is 4.79 Å². The van der Waals surface area contributed by atoms with Crippen LogP contribution in [0, 0.1) is 0 Å². The third-order valence-corrected chi connectivity index (χ3v) is 2.31. The smallest absolute Gasteiger partial charge is 0.329 e. The Morgan fingerprint density at radius 1 is 1.00 bits per heavy atom. The Morgan fingerprint density at radius 2 is 1.63 bits per heavy atom. The molecule has 0 amide bonds. The third kappa shape index (κ3) is 4.20. The highest BCUT2D eigenvalue weighted by molar-refractivity contribution is 5.80. The fourth-order valence-corrected chi connectivity index (χ4v) is 1.45. The topological polar surface area (TPSA) is 58.6 Å². The summed E-state index contributed by atoms with van der Waals surface area (Å²) in [6.07, 6.45) is 2.41. The Bertz CT molecular complexity index is 562. The van der Waals surface area contributed by atoms with Gasteiger partial charge in [0, 0.05) is 18.0 Å². The number of nitrogens with one attached hydrogen (secondary N) is 1. The minimum Gasteiger partial charge on any atom is -0.478 e. The zero-order valence-electron chi connectivity index (χ0n) is 10.1. The molecule has 0 aromatic heterocycles. The number of carboxylic acids is 1. The minimum absolute atomic E-state index is 0.721. The molecule has 0 fully saturated rings. The molecule has 2 aromatic rings. The minimum atomic E-state index is -0.989. The monoisotopic (exact) mass is 255 g/mol. The van der Waals surface area contributed by atoms with E-state index >= 15 is 0 Å². The van der Waals surface area contributed by atoms with Gasteiger partial charge in [0.1, 0.15) is 11.5 Å². The maximum atomic E-state index is 10.3. The summed E-state index contributed by atoms with van der Waals surface area (Å²) in [7, 11) is 0. The van der Waals surface area contributed by atoms with Crippen molar-refractivity contribution < 1.29 is 14.6 Å². The molecule has 4 nitrogen and oxygen atoms in total. The fourth-order valence-electron chi connectivity index (χ4n) is 1.45. The maximum Gasteiger partial charge on any atom is 0.329 e. The van der Waals surface area contributed by atoms with Gasteiger partial charge in [-0.15, -0.1) is 0 Å². The highest BCUT2D eigenvalue weighted by atomic mass is 16.5. The predicted molar refractivity (Wildman–Crippen MR) is 73.4 cm³/mol. The highest BCUT2D eigenvalue weighted by Gasteiger charge is 1.96. The second-order valence-corrected chi connectivity index (χ2v) is 3.76. The van der Waals surface area contributed by atoms with Crippen molar-refractivity contribution in [3.05, 3.63) is 66.9 Å². The average molecular weight is 255 g/mol. The van der Waals surface area contributed by atoms with Crippen LogP contribution >= 0.6 is 0 Å². The first kappa shape index (κ1) is 12.7. The second kappa shape index (κ2) is 6.26. The molecule has 2 rings (SSSR count). The number of benzene rings is 2. The van der Waals surface area contributed by atoms with Crippen LogP contribution in [-0.4, -0.2) is 11.1 Å². The Balaban J connectivity index is 1.97. The van der Waals surface area contributed by atoms with Crippen LogP contribution in [0.15, 0.2) is 66.9 Å². The zero-order chi connectivity index (χ0) is 13.5. The summed E-state index contributed by atoms with van der Waals surface area (Å²) in [6, 6.07) is 16.7. The van der Waals surface area contributed by atoms with Crippen LogP contribution in [0.4, 0.5) is 5.69 Å². The van der Waals surface area contributed by atoms with E-state index in [2.05, 4.69) is 5.32 Å². The summed E-state index contributed by atoms with van der Waals surface area (Å²) >= 11 is 0. The molecule has 0 unspecified atom stereocenters. The van der Waals surface area contributed by atoms with Crippen molar-refractivity contribution in [3.63, 3.8) is 0 Å². The van der Waals surface area contributed by atoms with Gasteiger partial charge in [0.05, 0.1) is 0 Å². The van der Waals surface area contributed by atoms with E-state index < -0.39 is 5.97 Å². The average Bonchev–Trinajstić information content (AvgIpc) is 2.42. The molecule has 2 aromatic carbocycles. The molecule has 0 saturated heterocycles. The molecule has 0 bridgehead atoms. The van der Waals surface area contributed by atoms with Gasteiger partial charge in [-0.2, -0.15) is 0 Å². The van der Waals surface area contributed by atoms with Gasteiger partial charge in [-0.3, -0.25) is 0 Å². The number of aliphatic carboxylic acids is 1. The van der Waals surface area contributed by atoms with E-state index in [4.69, 9.17) is 9.84 Å². The quantitative estimate of drug-likeness (QED) is 0.803. The van der Waals surface area contributed by atoms with Crippen LogP contribution < -0.4 is 10.1 Å². The molecule has 4 heteroatoms. The van der Waals surface area contributed by atoms with Crippen LogP contribution in [0.25, 0.3) is 0 Å². The summed E-state index contributed by atoms with van der Waals surface area (Å²) in [6.45, 7) is 0. The number of carbonyl (C=O) groups is 1. The summed E-state index contributed by atoms with van der Waals surface area (Å²) in [4.78, 5) is 10.3. The van der Waals surface area contributed by atoms with Crippen molar-refractivity contribution in [3.8, 4) is 11.5 Å². The van der Waals surface area contributed by atoms with E-state index in [1.54, 1.807) is 0 Å². The molecule has 0 radical (unpaired) electrons. The normalized spacial score (nSPS) is 10.3. The van der Waals surface area contributed by atoms with Gasteiger partial charge in [-0.05, 0) is 36.4 Å². The van der Waals surface area contributed by atoms with Crippen LogP contribution in [0.3, 0.4) is 0 Å². The van der Waals surface area contributed by atoms with Crippen molar-refractivity contribution in [2.45, 2.75) is 0 Å². The highest BCUT2D eigenvalue weighted by Crippen LogP contribution is 2.22. The lowest BCUT2D eigenvalue weighted by molar-refractivity contribution is -0.131. The molecule has 0 aliphatic carbocycles. The molecule has 0 atom stereocenters. The molecule has 0 aliphatic rings. The first-order valence-electron chi connectivity index (χ1n) is 5.73. The number of rotatable bonds is 5. The molecule has 19 heavy (non-hydrogen) atoms. The van der Waals surface area contributed by atoms with Gasteiger partial charge >= 0.3 is 5.97 Å². The molecule has 0 saturated carbocycles.